The summed E-state index contributed by atoms with van der Waals surface area (Å²) < 4.78 is 11.5. The minimum Gasteiger partial charge on any atom is -0.452 e. The number of benzene rings is 3. The van der Waals surface area contributed by atoms with E-state index in [2.05, 4.69) is 0 Å². The molecule has 0 spiro atoms. The average Bonchev–Trinajstić information content (AvgIpc) is 2.72. The summed E-state index contributed by atoms with van der Waals surface area (Å²) in [5.74, 6) is -0.831. The van der Waals surface area contributed by atoms with Crippen LogP contribution in [0.15, 0.2) is 75.9 Å². The van der Waals surface area contributed by atoms with E-state index in [0.29, 0.717) is 26.8 Å². The van der Waals surface area contributed by atoms with Crippen molar-refractivity contribution < 1.29 is 13.9 Å². The molecule has 0 aliphatic carbocycles. The molecule has 0 saturated carbocycles. The Labute approximate surface area is 176 Å². The van der Waals surface area contributed by atoms with Crippen molar-refractivity contribution in [3.8, 4) is 17.1 Å². The SMILES string of the molecule is Cc1cc2oc(-c3ccccc3Cl)c(OC(=O)c3ccccc3)c(=O)c2cc1Cl. The van der Waals surface area contributed by atoms with E-state index in [4.69, 9.17) is 32.4 Å². The molecule has 0 aliphatic heterocycles. The zero-order valence-electron chi connectivity index (χ0n) is 15.2. The second-order valence-corrected chi connectivity index (χ2v) is 7.24. The number of carbonyl (C=O) groups is 1. The lowest BCUT2D eigenvalue weighted by atomic mass is 10.1. The molecule has 0 saturated heterocycles. The third-order valence-electron chi connectivity index (χ3n) is 4.45. The number of rotatable bonds is 3. The highest BCUT2D eigenvalue weighted by molar-refractivity contribution is 6.33. The molecule has 0 aliphatic rings. The lowest BCUT2D eigenvalue weighted by Gasteiger charge is -2.12. The summed E-state index contributed by atoms with van der Waals surface area (Å²) in [7, 11) is 0. The molecule has 4 aromatic rings. The van der Waals surface area contributed by atoms with Crippen molar-refractivity contribution in [3.05, 3.63) is 98.1 Å². The predicted molar refractivity (Wildman–Crippen MR) is 114 cm³/mol. The number of esters is 1. The Morgan fingerprint density at radius 3 is 2.34 bits per heavy atom. The molecule has 1 heterocycles. The molecule has 0 N–H and O–H groups in total. The summed E-state index contributed by atoms with van der Waals surface area (Å²) in [6.07, 6.45) is 0. The molecular weight excluding hydrogens is 411 g/mol. The summed E-state index contributed by atoms with van der Waals surface area (Å²) in [4.78, 5) is 25.9. The van der Waals surface area contributed by atoms with Crippen LogP contribution in [0.1, 0.15) is 15.9 Å². The van der Waals surface area contributed by atoms with Crippen molar-refractivity contribution in [2.45, 2.75) is 6.92 Å². The van der Waals surface area contributed by atoms with Gasteiger partial charge in [-0.25, -0.2) is 4.79 Å². The largest absolute Gasteiger partial charge is 0.452 e. The molecule has 0 amide bonds. The van der Waals surface area contributed by atoms with E-state index in [-0.39, 0.29) is 16.9 Å². The van der Waals surface area contributed by atoms with E-state index in [1.54, 1.807) is 67.6 Å². The number of fused-ring (bicyclic) bond motifs is 1. The number of hydrogen-bond acceptors (Lipinski definition) is 4. The van der Waals surface area contributed by atoms with Crippen LogP contribution < -0.4 is 10.2 Å². The molecule has 6 heteroatoms. The van der Waals surface area contributed by atoms with Crippen LogP contribution >= 0.6 is 23.2 Å². The average molecular weight is 425 g/mol. The number of ether oxygens (including phenoxy) is 1. The molecule has 0 radical (unpaired) electrons. The molecule has 0 unspecified atom stereocenters. The van der Waals surface area contributed by atoms with Gasteiger partial charge >= 0.3 is 5.97 Å². The number of halogens is 2. The molecule has 0 fully saturated rings. The zero-order valence-corrected chi connectivity index (χ0v) is 16.8. The van der Waals surface area contributed by atoms with Crippen molar-refractivity contribution in [2.75, 3.05) is 0 Å². The van der Waals surface area contributed by atoms with E-state index in [1.165, 1.54) is 6.07 Å². The Balaban J connectivity index is 1.97. The molecule has 0 atom stereocenters. The summed E-state index contributed by atoms with van der Waals surface area (Å²) in [5, 5.41) is 0.987. The van der Waals surface area contributed by atoms with Gasteiger partial charge in [0.25, 0.3) is 0 Å². The number of aryl methyl sites for hydroxylation is 1. The Hall–Kier alpha value is -3.08. The third kappa shape index (κ3) is 3.65. The molecule has 0 bridgehead atoms. The fourth-order valence-corrected chi connectivity index (χ4v) is 3.33. The van der Waals surface area contributed by atoms with Crippen LogP contribution in [0.3, 0.4) is 0 Å². The second-order valence-electron chi connectivity index (χ2n) is 6.42. The quantitative estimate of drug-likeness (QED) is 0.362. The van der Waals surface area contributed by atoms with Crippen LogP contribution in [0.4, 0.5) is 0 Å². The Morgan fingerprint density at radius 2 is 1.62 bits per heavy atom. The van der Waals surface area contributed by atoms with Gasteiger partial charge in [-0.2, -0.15) is 0 Å². The first-order valence-corrected chi connectivity index (χ1v) is 9.50. The van der Waals surface area contributed by atoms with Crippen molar-refractivity contribution in [1.29, 1.82) is 0 Å². The fourth-order valence-electron chi connectivity index (χ4n) is 2.94. The predicted octanol–water partition coefficient (Wildman–Crippen LogP) is 6.29. The lowest BCUT2D eigenvalue weighted by molar-refractivity contribution is 0.0731. The van der Waals surface area contributed by atoms with Gasteiger partial charge in [0.1, 0.15) is 5.58 Å². The first kappa shape index (κ1) is 19.2. The van der Waals surface area contributed by atoms with Crippen LogP contribution in [0.5, 0.6) is 5.75 Å². The van der Waals surface area contributed by atoms with E-state index < -0.39 is 11.4 Å². The summed E-state index contributed by atoms with van der Waals surface area (Å²) in [6.45, 7) is 1.81. The van der Waals surface area contributed by atoms with E-state index in [9.17, 15) is 9.59 Å². The van der Waals surface area contributed by atoms with Gasteiger partial charge in [-0.15, -0.1) is 0 Å². The minimum atomic E-state index is -0.677. The molecule has 1 aromatic heterocycles. The molecule has 29 heavy (non-hydrogen) atoms. The van der Waals surface area contributed by atoms with Crippen LogP contribution in [0.2, 0.25) is 10.0 Å². The normalized spacial score (nSPS) is 10.9. The third-order valence-corrected chi connectivity index (χ3v) is 5.19. The minimum absolute atomic E-state index is 0.0825. The highest BCUT2D eigenvalue weighted by Crippen LogP contribution is 2.36. The maximum atomic E-state index is 13.2. The monoisotopic (exact) mass is 424 g/mol. The van der Waals surface area contributed by atoms with Gasteiger partial charge in [0, 0.05) is 10.6 Å². The maximum absolute atomic E-state index is 13.2. The van der Waals surface area contributed by atoms with Crippen LogP contribution in [0.25, 0.3) is 22.3 Å². The lowest BCUT2D eigenvalue weighted by Crippen LogP contribution is -2.16. The fraction of sp³-hybridized carbons (Fsp3) is 0.0435. The van der Waals surface area contributed by atoms with Gasteiger partial charge < -0.3 is 9.15 Å². The van der Waals surface area contributed by atoms with E-state index in [1.807, 2.05) is 0 Å². The highest BCUT2D eigenvalue weighted by Gasteiger charge is 2.23. The second kappa shape index (κ2) is 7.74. The van der Waals surface area contributed by atoms with Crippen LogP contribution in [-0.2, 0) is 0 Å². The standard InChI is InChI=1S/C23H14Cl2O4/c1-13-11-19-16(12-18(13)25)20(26)22(29-23(27)14-7-3-2-4-8-14)21(28-19)15-9-5-6-10-17(15)24/h2-12H,1H3. The smallest absolute Gasteiger partial charge is 0.343 e. The van der Waals surface area contributed by atoms with Gasteiger partial charge in [-0.05, 0) is 48.9 Å². The molecule has 4 rings (SSSR count). The highest BCUT2D eigenvalue weighted by atomic mass is 35.5. The van der Waals surface area contributed by atoms with Crippen molar-refractivity contribution in [1.82, 2.24) is 0 Å². The molecule has 3 aromatic carbocycles. The summed E-state index contributed by atoms with van der Waals surface area (Å²) in [5.41, 5.74) is 1.32. The van der Waals surface area contributed by atoms with Crippen molar-refractivity contribution in [2.24, 2.45) is 0 Å². The van der Waals surface area contributed by atoms with Gasteiger partial charge in [0.15, 0.2) is 5.76 Å². The van der Waals surface area contributed by atoms with Gasteiger partial charge in [-0.1, -0.05) is 53.5 Å². The Morgan fingerprint density at radius 1 is 0.931 bits per heavy atom. The van der Waals surface area contributed by atoms with Crippen LogP contribution in [0, 0.1) is 6.92 Å². The zero-order chi connectivity index (χ0) is 20.5. The van der Waals surface area contributed by atoms with Crippen LogP contribution in [-0.4, -0.2) is 5.97 Å². The maximum Gasteiger partial charge on any atom is 0.343 e. The van der Waals surface area contributed by atoms with E-state index >= 15 is 0 Å². The Kier molecular flexibility index (Phi) is 5.14. The summed E-state index contributed by atoms with van der Waals surface area (Å²) in [6, 6.07) is 18.4. The topological polar surface area (TPSA) is 56.5 Å². The van der Waals surface area contributed by atoms with Gasteiger partial charge in [0.2, 0.25) is 11.2 Å². The summed E-state index contributed by atoms with van der Waals surface area (Å²) >= 11 is 12.5. The number of carbonyl (C=O) groups excluding carboxylic acids is 1. The van der Waals surface area contributed by atoms with Crippen molar-refractivity contribution in [3.63, 3.8) is 0 Å². The molecule has 144 valence electrons. The van der Waals surface area contributed by atoms with E-state index in [0.717, 1.165) is 5.56 Å². The first-order valence-electron chi connectivity index (χ1n) is 8.75. The van der Waals surface area contributed by atoms with Crippen molar-refractivity contribution >= 4 is 40.1 Å². The van der Waals surface area contributed by atoms with Gasteiger partial charge in [-0.3, -0.25) is 4.79 Å². The molecule has 4 nitrogen and oxygen atoms in total. The number of hydrogen-bond donors (Lipinski definition) is 0. The van der Waals surface area contributed by atoms with Gasteiger partial charge in [0.05, 0.1) is 16.0 Å². The first-order chi connectivity index (χ1) is 14.0. The Bertz CT molecular complexity index is 1290. The molecular formula is C23H14Cl2O4.